The van der Waals surface area contributed by atoms with Crippen LogP contribution in [0.4, 0.5) is 5.69 Å². The van der Waals surface area contributed by atoms with E-state index in [2.05, 4.69) is 4.98 Å². The predicted octanol–water partition coefficient (Wildman–Crippen LogP) is 4.47. The lowest BCUT2D eigenvalue weighted by atomic mass is 10.1. The highest BCUT2D eigenvalue weighted by Crippen LogP contribution is 2.36. The first-order valence-electron chi connectivity index (χ1n) is 8.08. The molecule has 27 heavy (non-hydrogen) atoms. The minimum atomic E-state index is -3.84. The Balaban J connectivity index is 2.16. The van der Waals surface area contributed by atoms with Gasteiger partial charge in [0.2, 0.25) is 9.84 Å². The van der Waals surface area contributed by atoms with Crippen LogP contribution in [0.15, 0.2) is 70.5 Å². The molecule has 0 amide bonds. The molecule has 4 aromatic rings. The lowest BCUT2D eigenvalue weighted by molar-refractivity contribution is 0.415. The maximum absolute atomic E-state index is 13.5. The molecule has 0 aliphatic rings. The van der Waals surface area contributed by atoms with E-state index in [4.69, 9.17) is 22.1 Å². The Morgan fingerprint density at radius 2 is 1.67 bits per heavy atom. The van der Waals surface area contributed by atoms with Gasteiger partial charge in [-0.15, -0.1) is 0 Å². The quantitative estimate of drug-likeness (QED) is 0.407. The van der Waals surface area contributed by atoms with Gasteiger partial charge in [0.25, 0.3) is 0 Å². The molecule has 0 radical (unpaired) electrons. The van der Waals surface area contributed by atoms with Gasteiger partial charge in [-0.1, -0.05) is 11.6 Å². The Bertz CT molecular complexity index is 1290. The Morgan fingerprint density at radius 3 is 2.37 bits per heavy atom. The van der Waals surface area contributed by atoms with Crippen LogP contribution in [0.2, 0.25) is 5.02 Å². The van der Waals surface area contributed by atoms with Crippen LogP contribution in [0.25, 0.3) is 21.8 Å². The predicted molar refractivity (Wildman–Crippen MR) is 107 cm³/mol. The molecule has 1 aromatic heterocycles. The summed E-state index contributed by atoms with van der Waals surface area (Å²) >= 11 is 6.10. The van der Waals surface area contributed by atoms with E-state index in [-0.39, 0.29) is 9.79 Å². The SMILES string of the molecule is COc1ccc2nc3cc(Cl)ccc3c(S(=O)(=O)c3ccc(N)cc3)c2c1. The van der Waals surface area contributed by atoms with Gasteiger partial charge >= 0.3 is 0 Å². The van der Waals surface area contributed by atoms with Crippen molar-refractivity contribution in [1.29, 1.82) is 0 Å². The van der Waals surface area contributed by atoms with Crippen molar-refractivity contribution in [2.75, 3.05) is 12.8 Å². The lowest BCUT2D eigenvalue weighted by Crippen LogP contribution is -2.05. The molecule has 2 N–H and O–H groups in total. The van der Waals surface area contributed by atoms with Crippen molar-refractivity contribution in [3.05, 3.63) is 65.7 Å². The Hall–Kier alpha value is -2.83. The van der Waals surface area contributed by atoms with Crippen molar-refractivity contribution in [3.63, 3.8) is 0 Å². The van der Waals surface area contributed by atoms with Gasteiger partial charge in [0.1, 0.15) is 5.75 Å². The number of hydrogen-bond acceptors (Lipinski definition) is 5. The number of ether oxygens (including phenoxy) is 1. The van der Waals surface area contributed by atoms with Gasteiger partial charge in [-0.2, -0.15) is 0 Å². The Morgan fingerprint density at radius 1 is 0.926 bits per heavy atom. The molecule has 0 spiro atoms. The van der Waals surface area contributed by atoms with Crippen LogP contribution in [-0.4, -0.2) is 20.5 Å². The summed E-state index contributed by atoms with van der Waals surface area (Å²) in [6.07, 6.45) is 0. The largest absolute Gasteiger partial charge is 0.497 e. The molecule has 5 nitrogen and oxygen atoms in total. The molecular weight excluding hydrogens is 384 g/mol. The first kappa shape index (κ1) is 17.6. The maximum Gasteiger partial charge on any atom is 0.207 e. The first-order valence-corrected chi connectivity index (χ1v) is 9.94. The molecule has 0 unspecified atom stereocenters. The minimum absolute atomic E-state index is 0.156. The van der Waals surface area contributed by atoms with Gasteiger partial charge in [0.15, 0.2) is 0 Å². The molecule has 0 saturated heterocycles. The summed E-state index contributed by atoms with van der Waals surface area (Å²) in [5, 5.41) is 1.47. The van der Waals surface area contributed by atoms with E-state index in [0.717, 1.165) is 0 Å². The van der Waals surface area contributed by atoms with E-state index >= 15 is 0 Å². The number of benzene rings is 3. The van der Waals surface area contributed by atoms with Crippen LogP contribution in [0.1, 0.15) is 0 Å². The van der Waals surface area contributed by atoms with Crippen molar-refractivity contribution in [1.82, 2.24) is 4.98 Å². The highest BCUT2D eigenvalue weighted by atomic mass is 35.5. The number of rotatable bonds is 3. The molecule has 0 atom stereocenters. The summed E-state index contributed by atoms with van der Waals surface area (Å²) in [5.74, 6) is 0.548. The minimum Gasteiger partial charge on any atom is -0.497 e. The molecule has 0 fully saturated rings. The second kappa shape index (κ2) is 6.40. The monoisotopic (exact) mass is 398 g/mol. The summed E-state index contributed by atoms with van der Waals surface area (Å²) in [7, 11) is -2.31. The number of aromatic nitrogens is 1. The van der Waals surface area contributed by atoms with Crippen molar-refractivity contribution in [3.8, 4) is 5.75 Å². The van der Waals surface area contributed by atoms with Gasteiger partial charge in [0.05, 0.1) is 27.9 Å². The van der Waals surface area contributed by atoms with Crippen molar-refractivity contribution in [2.45, 2.75) is 9.79 Å². The number of anilines is 1. The molecule has 0 saturated carbocycles. The summed E-state index contributed by atoms with van der Waals surface area (Å²) in [6.45, 7) is 0. The highest BCUT2D eigenvalue weighted by molar-refractivity contribution is 7.92. The van der Waals surface area contributed by atoms with Crippen LogP contribution >= 0.6 is 11.6 Å². The van der Waals surface area contributed by atoms with Crippen LogP contribution in [0.3, 0.4) is 0 Å². The van der Waals surface area contributed by atoms with Crippen molar-refractivity contribution < 1.29 is 13.2 Å². The molecule has 1 heterocycles. The van der Waals surface area contributed by atoms with Crippen LogP contribution in [-0.2, 0) is 9.84 Å². The zero-order valence-electron chi connectivity index (χ0n) is 14.3. The zero-order chi connectivity index (χ0) is 19.2. The summed E-state index contributed by atoms with van der Waals surface area (Å²) in [4.78, 5) is 4.90. The fourth-order valence-electron chi connectivity index (χ4n) is 3.04. The normalized spacial score (nSPS) is 11.8. The fourth-order valence-corrected chi connectivity index (χ4v) is 4.85. The van der Waals surface area contributed by atoms with Gasteiger partial charge in [0, 0.05) is 21.5 Å². The molecular formula is C20H15ClN2O3S. The molecule has 7 heteroatoms. The Kier molecular flexibility index (Phi) is 4.17. The number of halogens is 1. The second-order valence-corrected chi connectivity index (χ2v) is 8.38. The fraction of sp³-hybridized carbons (Fsp3) is 0.0500. The lowest BCUT2D eigenvalue weighted by Gasteiger charge is -2.13. The summed E-state index contributed by atoms with van der Waals surface area (Å²) < 4.78 is 32.3. The third-order valence-electron chi connectivity index (χ3n) is 4.35. The molecule has 4 rings (SSSR count). The number of sulfone groups is 1. The van der Waals surface area contributed by atoms with Crippen LogP contribution < -0.4 is 10.5 Å². The average Bonchev–Trinajstić information content (AvgIpc) is 2.65. The summed E-state index contributed by atoms with van der Waals surface area (Å²) in [6, 6.07) is 16.3. The Labute approximate surface area is 161 Å². The van der Waals surface area contributed by atoms with E-state index in [9.17, 15) is 8.42 Å². The van der Waals surface area contributed by atoms with E-state index in [1.54, 1.807) is 48.5 Å². The van der Waals surface area contributed by atoms with E-state index in [0.29, 0.717) is 38.3 Å². The van der Waals surface area contributed by atoms with Gasteiger partial charge in [-0.05, 0) is 60.7 Å². The number of pyridine rings is 1. The van der Waals surface area contributed by atoms with Crippen LogP contribution in [0.5, 0.6) is 5.75 Å². The van der Waals surface area contributed by atoms with Crippen LogP contribution in [0, 0.1) is 0 Å². The smallest absolute Gasteiger partial charge is 0.207 e. The number of nitrogen functional groups attached to an aromatic ring is 1. The standard InChI is InChI=1S/C20H15ClN2O3S/c1-26-14-5-9-18-17(11-14)20(16-8-2-12(21)10-19(16)23-18)27(24,25)15-6-3-13(22)4-7-15/h2-11H,22H2,1H3. The van der Waals surface area contributed by atoms with Crippen molar-refractivity contribution >= 4 is 48.9 Å². The first-order chi connectivity index (χ1) is 12.9. The third-order valence-corrected chi connectivity index (χ3v) is 6.46. The number of hydrogen-bond donors (Lipinski definition) is 1. The molecule has 0 aliphatic carbocycles. The van der Waals surface area contributed by atoms with Gasteiger partial charge in [-0.3, -0.25) is 0 Å². The second-order valence-electron chi connectivity index (χ2n) is 6.06. The topological polar surface area (TPSA) is 82.3 Å². The number of nitrogens with two attached hydrogens (primary N) is 1. The molecule has 0 aliphatic heterocycles. The number of fused-ring (bicyclic) bond motifs is 2. The molecule has 0 bridgehead atoms. The highest BCUT2D eigenvalue weighted by Gasteiger charge is 2.24. The van der Waals surface area contributed by atoms with Gasteiger partial charge < -0.3 is 10.5 Å². The van der Waals surface area contributed by atoms with E-state index in [1.807, 2.05) is 0 Å². The molecule has 136 valence electrons. The van der Waals surface area contributed by atoms with E-state index < -0.39 is 9.84 Å². The average molecular weight is 399 g/mol. The van der Waals surface area contributed by atoms with E-state index in [1.165, 1.54) is 19.2 Å². The van der Waals surface area contributed by atoms with Gasteiger partial charge in [-0.25, -0.2) is 13.4 Å². The van der Waals surface area contributed by atoms with Crippen molar-refractivity contribution in [2.24, 2.45) is 0 Å². The summed E-state index contributed by atoms with van der Waals surface area (Å²) in [5.41, 5.74) is 7.25. The zero-order valence-corrected chi connectivity index (χ0v) is 15.9. The maximum atomic E-state index is 13.5. The molecule has 3 aromatic carbocycles. The number of nitrogens with zero attached hydrogens (tertiary/aromatic N) is 1. The number of methoxy groups -OCH3 is 1. The third kappa shape index (κ3) is 2.97.